The van der Waals surface area contributed by atoms with Crippen LogP contribution in [0.4, 0.5) is 4.39 Å². The second kappa shape index (κ2) is 15.6. The van der Waals surface area contributed by atoms with E-state index < -0.39 is 12.7 Å². The molecule has 0 bridgehead atoms. The summed E-state index contributed by atoms with van der Waals surface area (Å²) < 4.78 is 49.6. The first-order valence-corrected chi connectivity index (χ1v) is 18.1. The zero-order chi connectivity index (χ0) is 39.2. The molecule has 5 aromatic carbocycles. The Balaban J connectivity index is 0.000000217. The van der Waals surface area contributed by atoms with Crippen molar-refractivity contribution in [1.82, 2.24) is 14.5 Å². The third kappa shape index (κ3) is 7.00. The third-order valence-electron chi connectivity index (χ3n) is 9.19. The molecule has 0 fully saturated rings. The van der Waals surface area contributed by atoms with Crippen LogP contribution in [0.15, 0.2) is 109 Å². The Kier molecular flexibility index (Phi) is 9.68. The van der Waals surface area contributed by atoms with Crippen LogP contribution in [-0.2, 0) is 20.1 Å². The van der Waals surface area contributed by atoms with Gasteiger partial charge in [-0.05, 0) is 80.8 Å². The largest absolute Gasteiger partial charge is 0.333 e. The molecule has 8 rings (SSSR count). The Labute approximate surface area is 329 Å². The number of aromatic nitrogens is 3. The summed E-state index contributed by atoms with van der Waals surface area (Å²) in [7, 11) is 0. The molecule has 1 radical (unpaired) electrons. The Bertz CT molecular complexity index is 2630. The normalized spacial score (nSPS) is 13.0. The molecule has 0 aliphatic rings. The number of hydrogen-bond acceptors (Lipinski definition) is 3. The van der Waals surface area contributed by atoms with Gasteiger partial charge in [-0.2, -0.15) is 11.3 Å². The number of hydrogen-bond donors (Lipinski definition) is 0. The molecule has 52 heavy (non-hydrogen) atoms. The molecular weight excluding hydrogens is 838 g/mol. The molecule has 0 saturated carbocycles. The van der Waals surface area contributed by atoms with Crippen LogP contribution in [0.2, 0.25) is 0 Å². The van der Waals surface area contributed by atoms with Gasteiger partial charge in [0.05, 0.1) is 21.6 Å². The van der Waals surface area contributed by atoms with E-state index >= 15 is 0 Å². The van der Waals surface area contributed by atoms with Gasteiger partial charge in [-0.15, -0.1) is 54.1 Å². The van der Waals surface area contributed by atoms with E-state index in [-0.39, 0.29) is 31.5 Å². The molecule has 0 unspecified atom stereocenters. The van der Waals surface area contributed by atoms with Crippen molar-refractivity contribution in [2.75, 3.05) is 0 Å². The van der Waals surface area contributed by atoms with E-state index in [0.717, 1.165) is 43.5 Å². The standard InChI is InChI=1S/C31H26FN2S.C15H16N.Ir/c1-18(2)20-10-7-11-21(19(3)4)28(20)34-27-17-6-5-16-26(27)33-31(34)24-14-8-12-22-23-13-9-15-25(32)30(23)35-29(22)24;1-11(2)14-9-15(16-10-12(14)3)13-7-5-4-6-8-13;/h5-13,15-19H,1-4H3;4-7,9-11H,1-3H3;/q2*-1;/i;3D3,11D;. The van der Waals surface area contributed by atoms with Gasteiger partial charge in [-0.1, -0.05) is 101 Å². The van der Waals surface area contributed by atoms with E-state index in [0.29, 0.717) is 27.8 Å². The summed E-state index contributed by atoms with van der Waals surface area (Å²) in [5, 5.41) is 1.98. The summed E-state index contributed by atoms with van der Waals surface area (Å²) in [4.78, 5) is 9.36. The van der Waals surface area contributed by atoms with Crippen LogP contribution in [-0.4, -0.2) is 14.5 Å². The van der Waals surface area contributed by atoms with Crippen LogP contribution in [0.3, 0.4) is 0 Å². The van der Waals surface area contributed by atoms with E-state index in [4.69, 9.17) is 10.5 Å². The number of imidazole rings is 1. The molecule has 6 heteroatoms. The Morgan fingerprint density at radius 1 is 0.769 bits per heavy atom. The monoisotopic (exact) mass is 884 g/mol. The molecule has 0 spiro atoms. The fourth-order valence-corrected chi connectivity index (χ4v) is 7.85. The van der Waals surface area contributed by atoms with Gasteiger partial charge in [0.2, 0.25) is 0 Å². The van der Waals surface area contributed by atoms with Crippen molar-refractivity contribution in [2.24, 2.45) is 0 Å². The fourth-order valence-electron chi connectivity index (χ4n) is 6.65. The van der Waals surface area contributed by atoms with Gasteiger partial charge >= 0.3 is 0 Å². The Morgan fingerprint density at radius 3 is 2.17 bits per heavy atom. The maximum absolute atomic E-state index is 14.7. The van der Waals surface area contributed by atoms with Crippen LogP contribution in [0.1, 0.15) is 87.0 Å². The van der Waals surface area contributed by atoms with Crippen molar-refractivity contribution in [3.05, 3.63) is 150 Å². The number of rotatable bonds is 6. The third-order valence-corrected chi connectivity index (χ3v) is 10.4. The molecule has 0 aliphatic heterocycles. The maximum Gasteiger partial charge on any atom is 0.140 e. The van der Waals surface area contributed by atoms with E-state index in [2.05, 4.69) is 85.8 Å². The Hall–Kier alpha value is -4.48. The van der Waals surface area contributed by atoms with E-state index in [9.17, 15) is 4.39 Å². The first kappa shape index (κ1) is 32.2. The molecule has 265 valence electrons. The number of para-hydroxylation sites is 3. The molecule has 0 N–H and O–H groups in total. The number of thiophene rings is 1. The van der Waals surface area contributed by atoms with Crippen LogP contribution >= 0.6 is 11.3 Å². The quantitative estimate of drug-likeness (QED) is 0.156. The maximum atomic E-state index is 14.7. The van der Waals surface area contributed by atoms with Crippen molar-refractivity contribution in [3.8, 4) is 28.3 Å². The van der Waals surface area contributed by atoms with Crippen LogP contribution in [0.25, 0.3) is 59.5 Å². The van der Waals surface area contributed by atoms with Crippen LogP contribution in [0, 0.1) is 24.8 Å². The van der Waals surface area contributed by atoms with E-state index in [1.54, 1.807) is 32.0 Å². The smallest absolute Gasteiger partial charge is 0.140 e. The molecule has 0 amide bonds. The van der Waals surface area contributed by atoms with Gasteiger partial charge in [0.1, 0.15) is 5.82 Å². The fraction of sp³-hybridized carbons (Fsp3) is 0.217. The topological polar surface area (TPSA) is 30.7 Å². The molecule has 3 heterocycles. The first-order valence-electron chi connectivity index (χ1n) is 19.3. The van der Waals surface area contributed by atoms with Crippen molar-refractivity contribution in [1.29, 1.82) is 0 Å². The van der Waals surface area contributed by atoms with Gasteiger partial charge in [0, 0.05) is 37.5 Å². The van der Waals surface area contributed by atoms with E-state index in [1.807, 2.05) is 42.5 Å². The predicted molar refractivity (Wildman–Crippen MR) is 214 cm³/mol. The van der Waals surface area contributed by atoms with E-state index in [1.165, 1.54) is 40.4 Å². The summed E-state index contributed by atoms with van der Waals surface area (Å²) in [5.74, 6) is 0.344. The minimum atomic E-state index is -2.26. The van der Waals surface area contributed by atoms with Crippen molar-refractivity contribution in [3.63, 3.8) is 0 Å². The number of aryl methyl sites for hydroxylation is 1. The van der Waals surface area contributed by atoms with Gasteiger partial charge in [0.15, 0.2) is 0 Å². The van der Waals surface area contributed by atoms with Crippen LogP contribution in [0.5, 0.6) is 0 Å². The number of pyridine rings is 1. The average Bonchev–Trinajstić information content (AvgIpc) is 3.74. The van der Waals surface area contributed by atoms with Gasteiger partial charge in [-0.3, -0.25) is 4.98 Å². The summed E-state index contributed by atoms with van der Waals surface area (Å²) in [6.07, 6.45) is 1.36. The first-order chi connectivity index (χ1) is 26.1. The minimum Gasteiger partial charge on any atom is -0.333 e. The minimum absolute atomic E-state index is 0. The van der Waals surface area contributed by atoms with Crippen molar-refractivity contribution in [2.45, 2.75) is 66.1 Å². The number of benzene rings is 5. The molecule has 8 aromatic rings. The van der Waals surface area contributed by atoms with Crippen LogP contribution < -0.4 is 0 Å². The average molecular weight is 884 g/mol. The van der Waals surface area contributed by atoms with Crippen molar-refractivity contribution < 1.29 is 30.0 Å². The summed E-state index contributed by atoms with van der Waals surface area (Å²) >= 11 is 1.48. The zero-order valence-electron chi connectivity index (χ0n) is 34.0. The summed E-state index contributed by atoms with van der Waals surface area (Å²) in [6, 6.07) is 39.8. The van der Waals surface area contributed by atoms with Gasteiger partial charge < -0.3 is 9.55 Å². The molecular formula is C46H42FIrN3S-2. The van der Waals surface area contributed by atoms with Gasteiger partial charge in [0.25, 0.3) is 0 Å². The molecule has 0 atom stereocenters. The number of halogens is 1. The molecule has 3 aromatic heterocycles. The Morgan fingerprint density at radius 2 is 1.48 bits per heavy atom. The summed E-state index contributed by atoms with van der Waals surface area (Å²) in [5.41, 5.74) is 8.71. The zero-order valence-corrected chi connectivity index (χ0v) is 33.2. The predicted octanol–water partition coefficient (Wildman–Crippen LogP) is 13.2. The van der Waals surface area contributed by atoms with Crippen molar-refractivity contribution >= 4 is 42.5 Å². The number of nitrogens with zero attached hydrogens (tertiary/aromatic N) is 3. The summed E-state index contributed by atoms with van der Waals surface area (Å²) in [6.45, 7) is 10.0. The second-order valence-electron chi connectivity index (χ2n) is 13.6. The SMILES string of the molecule is CC(C)c1cccc(C(C)C)c1-n1c(-c2[c-]ccc3c2sc2c(F)cccc23)nc2ccccc21.[2H]C([2H])([2H])c1cnc(-c2[c-]cccc2)cc1C([2H])(C)C.[Ir]. The van der Waals surface area contributed by atoms with Gasteiger partial charge in [-0.25, -0.2) is 4.39 Å². The molecule has 0 aliphatic carbocycles. The molecule has 0 saturated heterocycles. The second-order valence-corrected chi connectivity index (χ2v) is 14.6. The number of fused-ring (bicyclic) bond motifs is 4. The molecule has 3 nitrogen and oxygen atoms in total.